The fourth-order valence-corrected chi connectivity index (χ4v) is 4.22. The van der Waals surface area contributed by atoms with Gasteiger partial charge in [0.15, 0.2) is 11.5 Å². The van der Waals surface area contributed by atoms with E-state index in [0.717, 1.165) is 22.5 Å². The van der Waals surface area contributed by atoms with Crippen LogP contribution in [0.25, 0.3) is 0 Å². The van der Waals surface area contributed by atoms with E-state index in [9.17, 15) is 9.59 Å². The Morgan fingerprint density at radius 3 is 1.59 bits per heavy atom. The van der Waals surface area contributed by atoms with E-state index < -0.39 is 11.8 Å². The SMILES string of the molecule is CCCOc1c(C(=O)N/N=C/c2cccc(OC)c2)sc(C(=O)N/N=C/c2cccc(OC)c2)c1OCCC. The van der Waals surface area contributed by atoms with Gasteiger partial charge < -0.3 is 18.9 Å². The molecule has 10 nitrogen and oxygen atoms in total. The number of methoxy groups -OCH3 is 2. The zero-order valence-corrected chi connectivity index (χ0v) is 23.2. The van der Waals surface area contributed by atoms with Gasteiger partial charge in [-0.3, -0.25) is 9.59 Å². The quantitative estimate of drug-likeness (QED) is 0.218. The highest BCUT2D eigenvalue weighted by Gasteiger charge is 2.29. The maximum absolute atomic E-state index is 13.1. The van der Waals surface area contributed by atoms with Crippen molar-refractivity contribution in [1.82, 2.24) is 10.9 Å². The molecule has 3 rings (SSSR count). The third kappa shape index (κ3) is 8.30. The number of nitrogens with one attached hydrogen (secondary N) is 2. The minimum absolute atomic E-state index is 0.166. The van der Waals surface area contributed by atoms with Crippen molar-refractivity contribution in [3.05, 3.63) is 69.4 Å². The summed E-state index contributed by atoms with van der Waals surface area (Å²) in [4.78, 5) is 26.6. The van der Waals surface area contributed by atoms with Crippen LogP contribution >= 0.6 is 11.3 Å². The van der Waals surface area contributed by atoms with Crippen molar-refractivity contribution in [3.8, 4) is 23.0 Å². The van der Waals surface area contributed by atoms with Crippen molar-refractivity contribution >= 4 is 35.6 Å². The molecule has 0 aliphatic rings. The number of carbonyl (C=O) groups is 2. The minimum atomic E-state index is -0.537. The van der Waals surface area contributed by atoms with Gasteiger partial charge in [-0.15, -0.1) is 11.3 Å². The molecule has 0 atom stereocenters. The lowest BCUT2D eigenvalue weighted by molar-refractivity contribution is 0.0945. The van der Waals surface area contributed by atoms with Crippen LogP contribution in [0.4, 0.5) is 0 Å². The molecule has 0 spiro atoms. The van der Waals surface area contributed by atoms with Gasteiger partial charge in [0.05, 0.1) is 39.9 Å². The average Bonchev–Trinajstić information content (AvgIpc) is 3.33. The van der Waals surface area contributed by atoms with Crippen LogP contribution in [0.5, 0.6) is 23.0 Å². The molecule has 11 heteroatoms. The Labute approximate surface area is 231 Å². The number of nitrogens with zero attached hydrogens (tertiary/aromatic N) is 2. The molecular formula is C28H32N4O6S. The van der Waals surface area contributed by atoms with Gasteiger partial charge in [-0.1, -0.05) is 38.1 Å². The number of carbonyl (C=O) groups excluding carboxylic acids is 2. The Morgan fingerprint density at radius 2 is 1.21 bits per heavy atom. The van der Waals surface area contributed by atoms with Crippen LogP contribution in [0.3, 0.4) is 0 Å². The van der Waals surface area contributed by atoms with Crippen LogP contribution in [-0.4, -0.2) is 51.7 Å². The number of benzene rings is 2. The molecule has 0 saturated heterocycles. The van der Waals surface area contributed by atoms with Crippen molar-refractivity contribution in [2.45, 2.75) is 26.7 Å². The summed E-state index contributed by atoms with van der Waals surface area (Å²) in [5, 5.41) is 8.11. The van der Waals surface area contributed by atoms with Gasteiger partial charge in [0, 0.05) is 0 Å². The van der Waals surface area contributed by atoms with Crippen LogP contribution in [0.1, 0.15) is 57.2 Å². The molecule has 1 aromatic heterocycles. The predicted octanol–water partition coefficient (Wildman–Crippen LogP) is 4.87. The largest absolute Gasteiger partial charge is 0.497 e. The smallest absolute Gasteiger partial charge is 0.285 e. The zero-order chi connectivity index (χ0) is 28.0. The lowest BCUT2D eigenvalue weighted by atomic mass is 10.2. The van der Waals surface area contributed by atoms with Crippen LogP contribution in [0.15, 0.2) is 58.7 Å². The van der Waals surface area contributed by atoms with Gasteiger partial charge in [0.1, 0.15) is 21.3 Å². The summed E-state index contributed by atoms with van der Waals surface area (Å²) < 4.78 is 22.2. The minimum Gasteiger partial charge on any atom is -0.497 e. The fraction of sp³-hybridized carbons (Fsp3) is 0.286. The molecule has 0 unspecified atom stereocenters. The second-order valence-electron chi connectivity index (χ2n) is 8.07. The fourth-order valence-electron chi connectivity index (χ4n) is 3.25. The highest BCUT2D eigenvalue weighted by molar-refractivity contribution is 7.16. The van der Waals surface area contributed by atoms with Gasteiger partial charge in [0.2, 0.25) is 0 Å². The normalized spacial score (nSPS) is 11.0. The summed E-state index contributed by atoms with van der Waals surface area (Å²) >= 11 is 0.946. The maximum Gasteiger partial charge on any atom is 0.285 e. The molecule has 0 fully saturated rings. The van der Waals surface area contributed by atoms with E-state index in [1.807, 2.05) is 50.2 Å². The molecular weight excluding hydrogens is 520 g/mol. The van der Waals surface area contributed by atoms with E-state index >= 15 is 0 Å². The lowest BCUT2D eigenvalue weighted by Gasteiger charge is -2.10. The Bertz CT molecular complexity index is 1220. The zero-order valence-electron chi connectivity index (χ0n) is 22.4. The van der Waals surface area contributed by atoms with Gasteiger partial charge in [0.25, 0.3) is 11.8 Å². The standard InChI is InChI=1S/C28H32N4O6S/c1-5-13-37-23-24(38-14-6-2)26(28(34)32-30-18-20-10-8-12-22(16-20)36-4)39-25(23)27(33)31-29-17-19-9-7-11-21(15-19)35-3/h7-12,15-18H,5-6,13-14H2,1-4H3,(H,31,33)(H,32,34)/b29-17+,30-18+. The number of hydrogen-bond donors (Lipinski definition) is 2. The van der Waals surface area contributed by atoms with Crippen LogP contribution < -0.4 is 29.8 Å². The second-order valence-corrected chi connectivity index (χ2v) is 9.09. The van der Waals surface area contributed by atoms with E-state index in [1.165, 1.54) is 12.4 Å². The topological polar surface area (TPSA) is 120 Å². The van der Waals surface area contributed by atoms with Crippen molar-refractivity contribution in [3.63, 3.8) is 0 Å². The van der Waals surface area contributed by atoms with Crippen molar-refractivity contribution in [2.24, 2.45) is 10.2 Å². The summed E-state index contributed by atoms with van der Waals surface area (Å²) in [6, 6.07) is 14.5. The maximum atomic E-state index is 13.1. The van der Waals surface area contributed by atoms with E-state index in [-0.39, 0.29) is 21.3 Å². The van der Waals surface area contributed by atoms with Crippen molar-refractivity contribution < 1.29 is 28.5 Å². The number of amides is 2. The molecule has 206 valence electrons. The second kappa shape index (κ2) is 15.1. The third-order valence-corrected chi connectivity index (χ3v) is 6.23. The molecule has 2 amide bonds. The lowest BCUT2D eigenvalue weighted by Crippen LogP contribution is -2.17. The van der Waals surface area contributed by atoms with E-state index in [4.69, 9.17) is 18.9 Å². The van der Waals surface area contributed by atoms with Gasteiger partial charge in [-0.2, -0.15) is 10.2 Å². The summed E-state index contributed by atoms with van der Waals surface area (Å²) in [7, 11) is 3.14. The Hall–Kier alpha value is -4.38. The number of hydrogen-bond acceptors (Lipinski definition) is 9. The number of ether oxygens (including phenoxy) is 4. The highest BCUT2D eigenvalue weighted by Crippen LogP contribution is 2.42. The van der Waals surface area contributed by atoms with Gasteiger partial charge in [-0.05, 0) is 48.2 Å². The average molecular weight is 553 g/mol. The molecule has 0 radical (unpaired) electrons. The first-order valence-corrected chi connectivity index (χ1v) is 13.2. The third-order valence-electron chi connectivity index (χ3n) is 5.08. The van der Waals surface area contributed by atoms with Crippen LogP contribution in [0, 0.1) is 0 Å². The molecule has 2 aromatic carbocycles. The molecule has 0 saturated carbocycles. The van der Waals surface area contributed by atoms with E-state index in [0.29, 0.717) is 37.6 Å². The molecule has 2 N–H and O–H groups in total. The molecule has 0 bridgehead atoms. The molecule has 39 heavy (non-hydrogen) atoms. The first-order chi connectivity index (χ1) is 19.0. The molecule has 0 aliphatic carbocycles. The monoisotopic (exact) mass is 552 g/mol. The van der Waals surface area contributed by atoms with E-state index in [1.54, 1.807) is 26.4 Å². The van der Waals surface area contributed by atoms with Crippen LogP contribution in [0.2, 0.25) is 0 Å². The predicted molar refractivity (Wildman–Crippen MR) is 152 cm³/mol. The Morgan fingerprint density at radius 1 is 0.769 bits per heavy atom. The molecule has 0 aliphatic heterocycles. The first kappa shape index (κ1) is 29.2. The summed E-state index contributed by atoms with van der Waals surface area (Å²) in [6.45, 7) is 4.55. The Balaban J connectivity index is 1.85. The molecule has 1 heterocycles. The van der Waals surface area contributed by atoms with Gasteiger partial charge in [-0.25, -0.2) is 10.9 Å². The van der Waals surface area contributed by atoms with Gasteiger partial charge >= 0.3 is 0 Å². The number of thiophene rings is 1. The summed E-state index contributed by atoms with van der Waals surface area (Å²) in [5.74, 6) is 0.663. The first-order valence-electron chi connectivity index (χ1n) is 12.4. The number of hydrazone groups is 2. The van der Waals surface area contributed by atoms with Crippen molar-refractivity contribution in [1.29, 1.82) is 0 Å². The van der Waals surface area contributed by atoms with E-state index in [2.05, 4.69) is 21.1 Å². The summed E-state index contributed by atoms with van der Waals surface area (Å²) in [5.41, 5.74) is 6.49. The highest BCUT2D eigenvalue weighted by atomic mass is 32.1. The van der Waals surface area contributed by atoms with Crippen molar-refractivity contribution in [2.75, 3.05) is 27.4 Å². The van der Waals surface area contributed by atoms with Crippen LogP contribution in [-0.2, 0) is 0 Å². The number of rotatable bonds is 14. The summed E-state index contributed by atoms with van der Waals surface area (Å²) in [6.07, 6.45) is 4.39. The Kier molecular flexibility index (Phi) is 11.3. The molecule has 3 aromatic rings.